The van der Waals surface area contributed by atoms with Crippen molar-refractivity contribution in [3.63, 3.8) is 0 Å². The molecular weight excluding hydrogens is 813 g/mol. The van der Waals surface area contributed by atoms with E-state index in [0.717, 1.165) is 5.56 Å². The van der Waals surface area contributed by atoms with Gasteiger partial charge in [0.15, 0.2) is 9.84 Å². The maximum Gasteiger partial charge on any atom is 0.245 e. The molecule has 59 heavy (non-hydrogen) atoms. The van der Waals surface area contributed by atoms with Gasteiger partial charge in [0.25, 0.3) is 0 Å². The number of tetrazole rings is 1. The number of aromatic nitrogens is 4. The smallest absolute Gasteiger partial charge is 0.245 e. The van der Waals surface area contributed by atoms with E-state index in [0.29, 0.717) is 46.7 Å². The first-order valence-electron chi connectivity index (χ1n) is 19.2. The summed E-state index contributed by atoms with van der Waals surface area (Å²) >= 11 is 0. The number of nitrogens with zero attached hydrogens (tertiary/aromatic N) is 6. The molecule has 1 fully saturated rings. The lowest BCUT2D eigenvalue weighted by Crippen LogP contribution is -2.44. The molecule has 2 heterocycles. The number of anilines is 1. The third-order valence-corrected chi connectivity index (χ3v) is 15.9. The summed E-state index contributed by atoms with van der Waals surface area (Å²) in [7, 11) is -6.22. The van der Waals surface area contributed by atoms with Crippen molar-refractivity contribution in [2.75, 3.05) is 58.3 Å². The van der Waals surface area contributed by atoms with Crippen LogP contribution in [0.1, 0.15) is 16.7 Å². The fraction of sp³-hybridized carbons (Fsp3) is 0.390. The highest BCUT2D eigenvalue weighted by Crippen LogP contribution is 2.42. The zero-order valence-corrected chi connectivity index (χ0v) is 36.9. The molecular formula is C41H52N6O9S2Si. The summed E-state index contributed by atoms with van der Waals surface area (Å²) in [6, 6.07) is 24.8. The normalized spacial score (nSPS) is 15.1. The van der Waals surface area contributed by atoms with Crippen molar-refractivity contribution in [2.45, 2.75) is 61.2 Å². The number of benzene rings is 4. The molecule has 1 N–H and O–H groups in total. The third kappa shape index (κ3) is 10.7. The first kappa shape index (κ1) is 43.7. The molecule has 1 aromatic heterocycles. The highest BCUT2D eigenvalue weighted by Gasteiger charge is 2.39. The molecule has 0 saturated carbocycles. The molecule has 0 spiro atoms. The van der Waals surface area contributed by atoms with Gasteiger partial charge in [-0.15, -0.1) is 10.2 Å². The lowest BCUT2D eigenvalue weighted by atomic mass is 10.1. The quantitative estimate of drug-likeness (QED) is 0.115. The zero-order chi connectivity index (χ0) is 42.4. The fourth-order valence-electron chi connectivity index (χ4n) is 6.66. The van der Waals surface area contributed by atoms with Crippen molar-refractivity contribution in [2.24, 2.45) is 0 Å². The second-order valence-electron chi connectivity index (χ2n) is 15.5. The Morgan fingerprint density at radius 2 is 1.34 bits per heavy atom. The number of sulfonamides is 1. The summed E-state index contributed by atoms with van der Waals surface area (Å²) in [5, 5.41) is 23.6. The van der Waals surface area contributed by atoms with E-state index in [1.165, 1.54) is 15.2 Å². The van der Waals surface area contributed by atoms with Crippen LogP contribution in [0.25, 0.3) is 11.4 Å². The van der Waals surface area contributed by atoms with Crippen LogP contribution in [0.2, 0.25) is 25.7 Å². The van der Waals surface area contributed by atoms with E-state index in [-0.39, 0.29) is 61.4 Å². The largest absolute Gasteiger partial charge is 0.497 e. The molecule has 1 aliphatic heterocycles. The predicted molar refractivity (Wildman–Crippen MR) is 227 cm³/mol. The Morgan fingerprint density at radius 3 is 1.85 bits per heavy atom. The summed E-state index contributed by atoms with van der Waals surface area (Å²) in [6.07, 6.45) is -0.572. The second-order valence-corrected chi connectivity index (χ2v) is 25.1. The van der Waals surface area contributed by atoms with Crippen LogP contribution in [0.4, 0.5) is 5.69 Å². The molecule has 15 nitrogen and oxygen atoms in total. The maximum absolute atomic E-state index is 15.8. The lowest BCUT2D eigenvalue weighted by Gasteiger charge is -2.35. The molecule has 0 bridgehead atoms. The van der Waals surface area contributed by atoms with E-state index in [1.54, 1.807) is 88.1 Å². The van der Waals surface area contributed by atoms with E-state index in [1.807, 2.05) is 17.0 Å². The lowest BCUT2D eigenvalue weighted by molar-refractivity contribution is 0.00358. The van der Waals surface area contributed by atoms with Crippen LogP contribution in [0.5, 0.6) is 17.2 Å². The number of hydrogen-bond donors (Lipinski definition) is 1. The van der Waals surface area contributed by atoms with Crippen LogP contribution < -0.4 is 19.1 Å². The molecule has 6 rings (SSSR count). The van der Waals surface area contributed by atoms with Gasteiger partial charge in [-0.2, -0.15) is 9.10 Å². The molecule has 18 heteroatoms. The van der Waals surface area contributed by atoms with Crippen LogP contribution >= 0.6 is 0 Å². The Balaban J connectivity index is 1.60. The number of sulfone groups is 1. The van der Waals surface area contributed by atoms with E-state index in [2.05, 4.69) is 30.0 Å². The first-order valence-corrected chi connectivity index (χ1v) is 26.0. The van der Waals surface area contributed by atoms with E-state index in [4.69, 9.17) is 24.0 Å². The first-order chi connectivity index (χ1) is 28.1. The standard InChI is InChI=1S/C41H52N6O9S2Si/c1-53-33-13-7-30(8-14-33)25-46(26-31-9-15-34(54-2)16-10-31)58(51,52)40-38(57(49,50)23-24-59(4,5)6)20-19-37(45-21-22-56-36(28-45)29-48)39(40)41-42-44-47(43-41)27-32-11-17-35(55-3)18-12-32/h7-20,36,48H,21-29H2,1-6H3. The SMILES string of the molecule is COc1ccc(CN(Cc2ccc(OC)cc2)S(=O)(=O)c2c(S(=O)(=O)CC[Si](C)(C)C)ccc(N3CCOC(CO)C3)c2-c2nnn(Cc3ccc(OC)cc3)n2)cc1. The average molecular weight is 865 g/mol. The van der Waals surface area contributed by atoms with E-state index < -0.39 is 38.9 Å². The summed E-state index contributed by atoms with van der Waals surface area (Å²) < 4.78 is 84.0. The number of aliphatic hydroxyl groups excluding tert-OH is 1. The molecule has 316 valence electrons. The van der Waals surface area contributed by atoms with Gasteiger partial charge in [-0.1, -0.05) is 56.0 Å². The number of methoxy groups -OCH3 is 3. The third-order valence-electron chi connectivity index (χ3n) is 10.0. The average Bonchev–Trinajstić information content (AvgIpc) is 3.70. The minimum absolute atomic E-state index is 0.00638. The van der Waals surface area contributed by atoms with Crippen LogP contribution in [0.15, 0.2) is 94.7 Å². The van der Waals surface area contributed by atoms with Crippen molar-refractivity contribution in [1.29, 1.82) is 0 Å². The van der Waals surface area contributed by atoms with E-state index >= 15 is 8.42 Å². The summed E-state index contributed by atoms with van der Waals surface area (Å²) in [4.78, 5) is 2.43. The molecule has 1 unspecified atom stereocenters. The molecule has 1 atom stereocenters. The zero-order valence-electron chi connectivity index (χ0n) is 34.2. The Labute approximate surface area is 347 Å². The molecule has 1 saturated heterocycles. The number of ether oxygens (including phenoxy) is 4. The minimum Gasteiger partial charge on any atom is -0.497 e. The maximum atomic E-state index is 15.8. The number of hydrogen-bond acceptors (Lipinski definition) is 13. The van der Waals surface area contributed by atoms with Gasteiger partial charge in [0.1, 0.15) is 22.1 Å². The monoisotopic (exact) mass is 864 g/mol. The summed E-state index contributed by atoms with van der Waals surface area (Å²) in [5.74, 6) is 1.55. The Morgan fingerprint density at radius 1 is 0.797 bits per heavy atom. The van der Waals surface area contributed by atoms with Gasteiger partial charge in [-0.05, 0) is 76.5 Å². The fourth-order valence-corrected chi connectivity index (χ4v) is 13.4. The molecule has 1 aliphatic rings. The molecule has 0 radical (unpaired) electrons. The summed E-state index contributed by atoms with van der Waals surface area (Å²) in [5.41, 5.74) is 2.48. The molecule has 4 aromatic carbocycles. The Bertz CT molecular complexity index is 2360. The van der Waals surface area contributed by atoms with Gasteiger partial charge in [-0.3, -0.25) is 0 Å². The van der Waals surface area contributed by atoms with Crippen LogP contribution in [-0.4, -0.2) is 114 Å². The molecule has 0 aliphatic carbocycles. The van der Waals surface area contributed by atoms with Crippen LogP contribution in [0.3, 0.4) is 0 Å². The van der Waals surface area contributed by atoms with Crippen LogP contribution in [0, 0.1) is 0 Å². The van der Waals surface area contributed by atoms with Gasteiger partial charge in [-0.25, -0.2) is 16.8 Å². The van der Waals surface area contributed by atoms with Gasteiger partial charge < -0.3 is 29.0 Å². The Kier molecular flexibility index (Phi) is 13.8. The van der Waals surface area contributed by atoms with Gasteiger partial charge >= 0.3 is 0 Å². The topological polar surface area (TPSA) is 176 Å². The number of aliphatic hydroxyl groups is 1. The van der Waals surface area contributed by atoms with E-state index in [9.17, 15) is 13.5 Å². The van der Waals surface area contributed by atoms with Crippen molar-refractivity contribution in [3.8, 4) is 28.6 Å². The van der Waals surface area contributed by atoms with Crippen molar-refractivity contribution >= 4 is 33.6 Å². The number of rotatable bonds is 18. The molecule has 0 amide bonds. The van der Waals surface area contributed by atoms with Crippen molar-refractivity contribution in [3.05, 3.63) is 102 Å². The van der Waals surface area contributed by atoms with Gasteiger partial charge in [0, 0.05) is 39.9 Å². The van der Waals surface area contributed by atoms with Crippen LogP contribution in [-0.2, 0) is 44.2 Å². The van der Waals surface area contributed by atoms with Gasteiger partial charge in [0.2, 0.25) is 15.8 Å². The molecule has 5 aromatic rings. The van der Waals surface area contributed by atoms with Crippen molar-refractivity contribution in [1.82, 2.24) is 24.5 Å². The van der Waals surface area contributed by atoms with Gasteiger partial charge in [0.05, 0.1) is 63.4 Å². The number of morpholine rings is 1. The summed E-state index contributed by atoms with van der Waals surface area (Å²) in [6.45, 7) is 6.67. The minimum atomic E-state index is -4.75. The highest BCUT2D eigenvalue weighted by molar-refractivity contribution is 7.93. The Hall–Kier alpha value is -4.85. The highest BCUT2D eigenvalue weighted by atomic mass is 32.2. The second kappa shape index (κ2) is 18.6. The predicted octanol–water partition coefficient (Wildman–Crippen LogP) is 5.11. The van der Waals surface area contributed by atoms with Crippen molar-refractivity contribution < 1.29 is 40.9 Å².